The molecule has 0 heterocycles. The minimum absolute atomic E-state index is 0.189. The molecule has 17 heavy (non-hydrogen) atoms. The molecule has 1 aromatic carbocycles. The average Bonchev–Trinajstić information content (AvgIpc) is 2.34. The van der Waals surface area contributed by atoms with Gasteiger partial charge in [-0.1, -0.05) is 43.7 Å². The van der Waals surface area contributed by atoms with E-state index >= 15 is 0 Å². The Hall–Kier alpha value is -1.35. The van der Waals surface area contributed by atoms with Crippen LogP contribution in [0.1, 0.15) is 38.4 Å². The van der Waals surface area contributed by atoms with Gasteiger partial charge in [0.25, 0.3) is 0 Å². The molecule has 0 unspecified atom stereocenters. The zero-order valence-electron chi connectivity index (χ0n) is 10.6. The van der Waals surface area contributed by atoms with Crippen LogP contribution in [-0.4, -0.2) is 19.1 Å². The third kappa shape index (κ3) is 5.50. The second-order valence-electron chi connectivity index (χ2n) is 4.07. The van der Waals surface area contributed by atoms with Gasteiger partial charge in [-0.3, -0.25) is 4.79 Å². The fourth-order valence-electron chi connectivity index (χ4n) is 1.63. The van der Waals surface area contributed by atoms with Crippen LogP contribution >= 0.6 is 0 Å². The summed E-state index contributed by atoms with van der Waals surface area (Å²) in [6, 6.07) is 9.83. The van der Waals surface area contributed by atoms with Crippen LogP contribution in [0, 0.1) is 0 Å². The summed E-state index contributed by atoms with van der Waals surface area (Å²) in [5, 5.41) is 3.31. The molecule has 0 bridgehead atoms. The molecule has 0 amide bonds. The summed E-state index contributed by atoms with van der Waals surface area (Å²) in [6.45, 7) is 5.23. The fourth-order valence-corrected chi connectivity index (χ4v) is 1.63. The molecule has 0 aliphatic carbocycles. The average molecular weight is 235 g/mol. The molecule has 0 saturated heterocycles. The van der Waals surface area contributed by atoms with Crippen LogP contribution in [0.5, 0.6) is 0 Å². The zero-order valence-corrected chi connectivity index (χ0v) is 10.6. The van der Waals surface area contributed by atoms with Crippen LogP contribution in [0.25, 0.3) is 0 Å². The van der Waals surface area contributed by atoms with Crippen molar-refractivity contribution in [1.29, 1.82) is 0 Å². The van der Waals surface area contributed by atoms with E-state index in [0.29, 0.717) is 6.54 Å². The van der Waals surface area contributed by atoms with Gasteiger partial charge in [-0.05, 0) is 18.5 Å². The maximum atomic E-state index is 11.1. The van der Waals surface area contributed by atoms with Crippen molar-refractivity contribution < 1.29 is 9.53 Å². The molecule has 1 atom stereocenters. The van der Waals surface area contributed by atoms with Gasteiger partial charge in [0, 0.05) is 13.5 Å². The summed E-state index contributed by atoms with van der Waals surface area (Å²) < 4.78 is 5.32. The number of nitrogens with one attached hydrogen (secondary N) is 1. The molecule has 3 heteroatoms. The molecule has 0 aliphatic rings. The Labute approximate surface area is 103 Å². The normalized spacial score (nSPS) is 12.1. The quantitative estimate of drug-likeness (QED) is 0.583. The first kappa shape index (κ1) is 13.7. The molecule has 0 aromatic heterocycles. The Kier molecular flexibility index (Phi) is 6.33. The van der Waals surface area contributed by atoms with Gasteiger partial charge in [0.1, 0.15) is 6.10 Å². The molecular formula is C14H21NO2. The predicted molar refractivity (Wildman–Crippen MR) is 68.7 cm³/mol. The van der Waals surface area contributed by atoms with Crippen LogP contribution in [0.15, 0.2) is 30.3 Å². The second-order valence-corrected chi connectivity index (χ2v) is 4.07. The maximum absolute atomic E-state index is 11.1. The largest absolute Gasteiger partial charge is 0.456 e. The van der Waals surface area contributed by atoms with Crippen molar-refractivity contribution in [3.05, 3.63) is 35.9 Å². The Morgan fingerprint density at radius 3 is 2.65 bits per heavy atom. The van der Waals surface area contributed by atoms with Crippen molar-refractivity contribution in [1.82, 2.24) is 5.32 Å². The van der Waals surface area contributed by atoms with Crippen molar-refractivity contribution in [3.8, 4) is 0 Å². The number of hydrogen-bond donors (Lipinski definition) is 1. The summed E-state index contributed by atoms with van der Waals surface area (Å²) in [4.78, 5) is 11.1. The lowest BCUT2D eigenvalue weighted by molar-refractivity contribution is -0.146. The number of ether oxygens (including phenoxy) is 1. The van der Waals surface area contributed by atoms with E-state index in [2.05, 4.69) is 12.2 Å². The van der Waals surface area contributed by atoms with Crippen molar-refractivity contribution in [2.24, 2.45) is 0 Å². The van der Waals surface area contributed by atoms with Crippen LogP contribution in [0.3, 0.4) is 0 Å². The molecule has 1 rings (SSSR count). The fraction of sp³-hybridized carbons (Fsp3) is 0.500. The molecule has 1 N–H and O–H groups in total. The topological polar surface area (TPSA) is 38.3 Å². The summed E-state index contributed by atoms with van der Waals surface area (Å²) >= 11 is 0. The van der Waals surface area contributed by atoms with E-state index in [1.807, 2.05) is 30.3 Å². The number of rotatable bonds is 7. The van der Waals surface area contributed by atoms with E-state index < -0.39 is 0 Å². The van der Waals surface area contributed by atoms with Gasteiger partial charge in [-0.2, -0.15) is 0 Å². The third-order valence-electron chi connectivity index (χ3n) is 2.52. The summed E-state index contributed by atoms with van der Waals surface area (Å²) in [6.07, 6.45) is 2.11. The van der Waals surface area contributed by atoms with Gasteiger partial charge >= 0.3 is 5.97 Å². The zero-order chi connectivity index (χ0) is 12.5. The van der Waals surface area contributed by atoms with Gasteiger partial charge in [-0.25, -0.2) is 0 Å². The third-order valence-corrected chi connectivity index (χ3v) is 2.52. The molecule has 0 spiro atoms. The Balaban J connectivity index is 2.52. The van der Waals surface area contributed by atoms with Crippen LogP contribution in [-0.2, 0) is 9.53 Å². The lowest BCUT2D eigenvalue weighted by Gasteiger charge is -2.18. The monoisotopic (exact) mass is 235 g/mol. The van der Waals surface area contributed by atoms with Crippen molar-refractivity contribution in [3.63, 3.8) is 0 Å². The molecule has 0 fully saturated rings. The maximum Gasteiger partial charge on any atom is 0.303 e. The summed E-state index contributed by atoms with van der Waals surface area (Å²) in [7, 11) is 0. The van der Waals surface area contributed by atoms with E-state index in [-0.39, 0.29) is 12.1 Å². The first-order chi connectivity index (χ1) is 8.24. The van der Waals surface area contributed by atoms with Crippen molar-refractivity contribution in [2.75, 3.05) is 13.1 Å². The molecule has 0 saturated carbocycles. The van der Waals surface area contributed by atoms with Crippen LogP contribution < -0.4 is 5.32 Å². The Morgan fingerprint density at radius 1 is 1.35 bits per heavy atom. The minimum Gasteiger partial charge on any atom is -0.456 e. The van der Waals surface area contributed by atoms with Gasteiger partial charge in [0.2, 0.25) is 0 Å². The van der Waals surface area contributed by atoms with E-state index in [1.54, 1.807) is 0 Å². The van der Waals surface area contributed by atoms with E-state index in [4.69, 9.17) is 4.74 Å². The second kappa shape index (κ2) is 7.85. The molecule has 0 radical (unpaired) electrons. The Bertz CT molecular complexity index is 324. The first-order valence-corrected chi connectivity index (χ1v) is 6.17. The SMILES string of the molecule is CCCCNC[C@H](OC(C)=O)c1ccccc1. The molecule has 3 nitrogen and oxygen atoms in total. The Morgan fingerprint density at radius 2 is 2.06 bits per heavy atom. The lowest BCUT2D eigenvalue weighted by atomic mass is 10.1. The number of carbonyl (C=O) groups excluding carboxylic acids is 1. The standard InChI is InChI=1S/C14H21NO2/c1-3-4-10-15-11-14(17-12(2)16)13-8-6-5-7-9-13/h5-9,14-15H,3-4,10-11H2,1-2H3/t14-/m0/s1. The summed E-state index contributed by atoms with van der Waals surface area (Å²) in [5.41, 5.74) is 1.03. The number of benzene rings is 1. The van der Waals surface area contributed by atoms with Crippen molar-refractivity contribution >= 4 is 5.97 Å². The molecular weight excluding hydrogens is 214 g/mol. The smallest absolute Gasteiger partial charge is 0.303 e. The minimum atomic E-state index is -0.240. The van der Waals surface area contributed by atoms with Gasteiger partial charge < -0.3 is 10.1 Å². The van der Waals surface area contributed by atoms with E-state index in [0.717, 1.165) is 24.9 Å². The van der Waals surface area contributed by atoms with Gasteiger partial charge in [-0.15, -0.1) is 0 Å². The van der Waals surface area contributed by atoms with Gasteiger partial charge in [0.05, 0.1) is 0 Å². The lowest BCUT2D eigenvalue weighted by Crippen LogP contribution is -2.25. The molecule has 0 aliphatic heterocycles. The van der Waals surface area contributed by atoms with E-state index in [1.165, 1.54) is 6.92 Å². The first-order valence-electron chi connectivity index (χ1n) is 6.17. The van der Waals surface area contributed by atoms with Crippen molar-refractivity contribution in [2.45, 2.75) is 32.8 Å². The highest BCUT2D eigenvalue weighted by atomic mass is 16.5. The summed E-state index contributed by atoms with van der Waals surface area (Å²) in [5.74, 6) is -0.240. The highest BCUT2D eigenvalue weighted by Crippen LogP contribution is 2.16. The van der Waals surface area contributed by atoms with Crippen LogP contribution in [0.2, 0.25) is 0 Å². The highest BCUT2D eigenvalue weighted by molar-refractivity contribution is 5.66. The number of carbonyl (C=O) groups is 1. The highest BCUT2D eigenvalue weighted by Gasteiger charge is 2.13. The van der Waals surface area contributed by atoms with Crippen LogP contribution in [0.4, 0.5) is 0 Å². The number of esters is 1. The number of hydrogen-bond acceptors (Lipinski definition) is 3. The molecule has 94 valence electrons. The number of unbranched alkanes of at least 4 members (excludes halogenated alkanes) is 1. The predicted octanol–water partition coefficient (Wildman–Crippen LogP) is 2.68. The molecule has 1 aromatic rings. The van der Waals surface area contributed by atoms with E-state index in [9.17, 15) is 4.79 Å². The van der Waals surface area contributed by atoms with Gasteiger partial charge in [0.15, 0.2) is 0 Å².